The van der Waals surface area contributed by atoms with Crippen LogP contribution in [0, 0.1) is 11.8 Å². The van der Waals surface area contributed by atoms with Crippen molar-refractivity contribution in [2.45, 2.75) is 45.8 Å². The van der Waals surface area contributed by atoms with Crippen molar-refractivity contribution in [2.24, 2.45) is 0 Å². The Morgan fingerprint density at radius 3 is 2.22 bits per heavy atom. The van der Waals surface area contributed by atoms with E-state index in [9.17, 15) is 4.79 Å². The van der Waals surface area contributed by atoms with Gasteiger partial charge in [0.25, 0.3) is 0 Å². The molecule has 0 spiro atoms. The summed E-state index contributed by atoms with van der Waals surface area (Å²) in [6.45, 7) is 8.60. The number of aliphatic carboxylic acids is 1. The molecule has 0 saturated carbocycles. The molecule has 0 atom stereocenters. The fraction of sp³-hybridized carbons (Fsp3) is 0.643. The molecule has 0 unspecified atom stereocenters. The third-order valence-corrected chi connectivity index (χ3v) is 9.02. The van der Waals surface area contributed by atoms with Crippen molar-refractivity contribution in [1.82, 2.24) is 0 Å². The van der Waals surface area contributed by atoms with Crippen LogP contribution >= 0.6 is 0 Å². The van der Waals surface area contributed by atoms with Crippen LogP contribution in [0.2, 0.25) is 18.1 Å². The van der Waals surface area contributed by atoms with E-state index in [0.29, 0.717) is 6.61 Å². The lowest BCUT2D eigenvalue weighted by Gasteiger charge is -2.28. The molecule has 0 radical (unpaired) electrons. The van der Waals surface area contributed by atoms with Crippen LogP contribution in [-0.2, 0) is 9.53 Å². The monoisotopic (exact) mass is 268 g/mol. The minimum absolute atomic E-state index is 0.248. The highest BCUT2D eigenvalue weighted by Crippen LogP contribution is 2.28. The molecule has 0 heterocycles. The van der Waals surface area contributed by atoms with Crippen LogP contribution in [0.1, 0.15) is 27.7 Å². The van der Waals surface area contributed by atoms with E-state index < -0.39 is 14.0 Å². The highest BCUT2D eigenvalue weighted by atomic mass is 28.3. The van der Waals surface area contributed by atoms with E-state index >= 15 is 0 Å². The molecule has 4 heteroatoms. The molecule has 1 N–H and O–H groups in total. The van der Waals surface area contributed by atoms with E-state index in [-0.39, 0.29) is 6.61 Å². The smallest absolute Gasteiger partial charge is 0.329 e. The molecule has 0 aliphatic carbocycles. The van der Waals surface area contributed by atoms with Crippen LogP contribution in [0.25, 0.3) is 0 Å². The van der Waals surface area contributed by atoms with E-state index in [1.807, 2.05) is 13.0 Å². The number of hydrogen-bond donors (Lipinski definition) is 1. The molecule has 0 rings (SSSR count). The number of carboxylic acids is 1. The third-order valence-electron chi connectivity index (χ3n) is 3.49. The SMILES string of the molecule is CC#C/C(=C\COCC(=O)O)[Si](CC)(CC)CC. The van der Waals surface area contributed by atoms with Gasteiger partial charge in [-0.25, -0.2) is 4.79 Å². The molecule has 0 aromatic carbocycles. The van der Waals surface area contributed by atoms with E-state index in [1.165, 1.54) is 23.3 Å². The first-order valence-electron chi connectivity index (χ1n) is 6.49. The van der Waals surface area contributed by atoms with Gasteiger partial charge < -0.3 is 9.84 Å². The van der Waals surface area contributed by atoms with Gasteiger partial charge in [-0.3, -0.25) is 0 Å². The van der Waals surface area contributed by atoms with Crippen molar-refractivity contribution in [1.29, 1.82) is 0 Å². The topological polar surface area (TPSA) is 46.5 Å². The van der Waals surface area contributed by atoms with Gasteiger partial charge in [0.15, 0.2) is 0 Å². The Labute approximate surface area is 111 Å². The first-order chi connectivity index (χ1) is 8.56. The van der Waals surface area contributed by atoms with Gasteiger partial charge in [0.05, 0.1) is 14.7 Å². The van der Waals surface area contributed by atoms with E-state index in [2.05, 4.69) is 32.6 Å². The second kappa shape index (κ2) is 8.95. The molecular weight excluding hydrogens is 244 g/mol. The minimum atomic E-state index is -1.48. The predicted octanol–water partition coefficient (Wildman–Crippen LogP) is 3.09. The van der Waals surface area contributed by atoms with Crippen molar-refractivity contribution < 1.29 is 14.6 Å². The van der Waals surface area contributed by atoms with Crippen LogP contribution in [0.3, 0.4) is 0 Å². The summed E-state index contributed by atoms with van der Waals surface area (Å²) in [5.74, 6) is 5.25. The van der Waals surface area contributed by atoms with E-state index in [4.69, 9.17) is 9.84 Å². The van der Waals surface area contributed by atoms with Crippen LogP contribution < -0.4 is 0 Å². The molecule has 0 bridgehead atoms. The van der Waals surface area contributed by atoms with Crippen LogP contribution in [0.15, 0.2) is 11.3 Å². The minimum Gasteiger partial charge on any atom is -0.480 e. The van der Waals surface area contributed by atoms with Gasteiger partial charge in [0, 0.05) is 0 Å². The van der Waals surface area contributed by atoms with Crippen molar-refractivity contribution in [3.63, 3.8) is 0 Å². The molecule has 0 saturated heterocycles. The standard InChI is InChI=1S/C14H24O3Si/c1-5-9-13(10-11-17-12-14(15)16)18(6-2,7-3)8-4/h10H,6-8,11-12H2,1-4H3,(H,15,16)/b13-10+. The Hall–Kier alpha value is -1.05. The van der Waals surface area contributed by atoms with Gasteiger partial charge in [-0.05, 0) is 12.1 Å². The van der Waals surface area contributed by atoms with Crippen molar-refractivity contribution in [2.75, 3.05) is 13.2 Å². The van der Waals surface area contributed by atoms with Crippen LogP contribution in [0.5, 0.6) is 0 Å². The third kappa shape index (κ3) is 5.07. The Bertz CT molecular complexity index is 338. The zero-order valence-corrected chi connectivity index (χ0v) is 12.9. The summed E-state index contributed by atoms with van der Waals surface area (Å²) in [6.07, 6.45) is 1.99. The van der Waals surface area contributed by atoms with Gasteiger partial charge in [-0.2, -0.15) is 0 Å². The molecule has 0 amide bonds. The summed E-state index contributed by atoms with van der Waals surface area (Å²) in [4.78, 5) is 10.4. The maximum atomic E-state index is 10.4. The molecule has 3 nitrogen and oxygen atoms in total. The van der Waals surface area contributed by atoms with Gasteiger partial charge in [0.1, 0.15) is 6.61 Å². The summed E-state index contributed by atoms with van der Waals surface area (Å²) >= 11 is 0. The highest BCUT2D eigenvalue weighted by molar-refractivity contribution is 6.87. The summed E-state index contributed by atoms with van der Waals surface area (Å²) in [6, 6.07) is 3.50. The van der Waals surface area contributed by atoms with E-state index in [0.717, 1.165) is 0 Å². The van der Waals surface area contributed by atoms with Gasteiger partial charge in [-0.15, -0.1) is 5.92 Å². The average molecular weight is 268 g/mol. The molecule has 0 aliphatic heterocycles. The molecule has 0 aliphatic rings. The number of allylic oxidation sites excluding steroid dienone is 1. The Morgan fingerprint density at radius 2 is 1.83 bits per heavy atom. The summed E-state index contributed by atoms with van der Waals surface area (Å²) in [5, 5.41) is 9.73. The highest BCUT2D eigenvalue weighted by Gasteiger charge is 2.30. The second-order valence-electron chi connectivity index (χ2n) is 4.24. The van der Waals surface area contributed by atoms with Crippen LogP contribution in [0.4, 0.5) is 0 Å². The number of carboxylic acid groups (broad SMARTS) is 1. The number of ether oxygens (including phenoxy) is 1. The molecule has 0 aromatic rings. The van der Waals surface area contributed by atoms with Crippen molar-refractivity contribution >= 4 is 14.0 Å². The summed E-state index contributed by atoms with van der Waals surface area (Å²) in [7, 11) is -1.48. The number of hydrogen-bond acceptors (Lipinski definition) is 2. The maximum Gasteiger partial charge on any atom is 0.329 e. The lowest BCUT2D eigenvalue weighted by Crippen LogP contribution is -2.34. The fourth-order valence-corrected chi connectivity index (χ4v) is 5.69. The Balaban J connectivity index is 4.85. The second-order valence-corrected chi connectivity index (χ2v) is 9.46. The van der Waals surface area contributed by atoms with Gasteiger partial charge in [-0.1, -0.05) is 50.9 Å². The van der Waals surface area contributed by atoms with Crippen molar-refractivity contribution in [3.05, 3.63) is 11.3 Å². The summed E-state index contributed by atoms with van der Waals surface area (Å²) in [5.41, 5.74) is 0. The Kier molecular flexibility index (Phi) is 8.43. The average Bonchev–Trinajstić information content (AvgIpc) is 2.36. The molecule has 0 fully saturated rings. The lowest BCUT2D eigenvalue weighted by molar-refractivity contribution is -0.141. The fourth-order valence-electron chi connectivity index (χ4n) is 2.14. The molecule has 18 heavy (non-hydrogen) atoms. The quantitative estimate of drug-likeness (QED) is 0.418. The first kappa shape index (κ1) is 16.9. The lowest BCUT2D eigenvalue weighted by atomic mass is 10.5. The van der Waals surface area contributed by atoms with Crippen molar-refractivity contribution in [3.8, 4) is 11.8 Å². The van der Waals surface area contributed by atoms with Crippen LogP contribution in [-0.4, -0.2) is 32.4 Å². The van der Waals surface area contributed by atoms with E-state index in [1.54, 1.807) is 0 Å². The normalized spacial score (nSPS) is 11.9. The molecule has 0 aromatic heterocycles. The van der Waals surface area contributed by atoms with Gasteiger partial charge in [0.2, 0.25) is 0 Å². The maximum absolute atomic E-state index is 10.4. The Morgan fingerprint density at radius 1 is 1.28 bits per heavy atom. The predicted molar refractivity (Wildman–Crippen MR) is 77.2 cm³/mol. The zero-order valence-electron chi connectivity index (χ0n) is 11.9. The molecule has 102 valence electrons. The first-order valence-corrected chi connectivity index (χ1v) is 9.11. The largest absolute Gasteiger partial charge is 0.480 e. The zero-order chi connectivity index (χ0) is 14.0. The summed E-state index contributed by atoms with van der Waals surface area (Å²) < 4.78 is 5.08. The van der Waals surface area contributed by atoms with Gasteiger partial charge >= 0.3 is 5.97 Å². The number of carbonyl (C=O) groups is 1. The number of rotatable bonds is 8. The molecular formula is C14H24O3Si.